The zero-order chi connectivity index (χ0) is 12.4. The highest BCUT2D eigenvalue weighted by molar-refractivity contribution is 6.06. The van der Waals surface area contributed by atoms with Crippen molar-refractivity contribution in [1.29, 1.82) is 0 Å². The SMILES string of the molecule is CC(=O)N(C)c1cnc(C=O)c2ccccc12. The van der Waals surface area contributed by atoms with Crippen LogP contribution in [0.1, 0.15) is 17.4 Å². The molecular weight excluding hydrogens is 216 g/mol. The van der Waals surface area contributed by atoms with Gasteiger partial charge in [0.2, 0.25) is 5.91 Å². The lowest BCUT2D eigenvalue weighted by Crippen LogP contribution is -2.23. The van der Waals surface area contributed by atoms with Crippen molar-refractivity contribution in [2.45, 2.75) is 6.92 Å². The molecule has 0 spiro atoms. The fourth-order valence-corrected chi connectivity index (χ4v) is 1.73. The van der Waals surface area contributed by atoms with Crippen molar-refractivity contribution in [2.24, 2.45) is 0 Å². The molecule has 1 aromatic carbocycles. The van der Waals surface area contributed by atoms with E-state index in [4.69, 9.17) is 0 Å². The Morgan fingerprint density at radius 3 is 2.53 bits per heavy atom. The van der Waals surface area contributed by atoms with Crippen molar-refractivity contribution in [2.75, 3.05) is 11.9 Å². The van der Waals surface area contributed by atoms with Crippen molar-refractivity contribution in [3.63, 3.8) is 0 Å². The third-order valence-electron chi connectivity index (χ3n) is 2.75. The molecule has 0 bridgehead atoms. The summed E-state index contributed by atoms with van der Waals surface area (Å²) >= 11 is 0. The molecule has 0 N–H and O–H groups in total. The number of pyridine rings is 1. The van der Waals surface area contributed by atoms with Gasteiger partial charge in [0, 0.05) is 24.7 Å². The van der Waals surface area contributed by atoms with Gasteiger partial charge >= 0.3 is 0 Å². The molecular formula is C13H12N2O2. The minimum Gasteiger partial charge on any atom is -0.314 e. The standard InChI is InChI=1S/C13H12N2O2/c1-9(17)15(2)13-7-14-12(8-16)10-5-3-4-6-11(10)13/h3-8H,1-2H3. The Morgan fingerprint density at radius 1 is 1.29 bits per heavy atom. The number of hydrogen-bond acceptors (Lipinski definition) is 3. The Morgan fingerprint density at radius 2 is 1.94 bits per heavy atom. The highest BCUT2D eigenvalue weighted by atomic mass is 16.2. The summed E-state index contributed by atoms with van der Waals surface area (Å²) in [6, 6.07) is 7.41. The van der Waals surface area contributed by atoms with Crippen molar-refractivity contribution >= 4 is 28.7 Å². The second-order valence-corrected chi connectivity index (χ2v) is 3.77. The van der Waals surface area contributed by atoms with Crippen molar-refractivity contribution < 1.29 is 9.59 Å². The fourth-order valence-electron chi connectivity index (χ4n) is 1.73. The molecule has 1 heterocycles. The molecule has 1 aromatic heterocycles. The number of hydrogen-bond donors (Lipinski definition) is 0. The van der Waals surface area contributed by atoms with Crippen LogP contribution < -0.4 is 4.90 Å². The van der Waals surface area contributed by atoms with E-state index in [0.29, 0.717) is 11.4 Å². The van der Waals surface area contributed by atoms with Gasteiger partial charge in [-0.1, -0.05) is 24.3 Å². The van der Waals surface area contributed by atoms with Gasteiger partial charge in [-0.05, 0) is 0 Å². The number of benzene rings is 1. The third-order valence-corrected chi connectivity index (χ3v) is 2.75. The molecule has 0 saturated heterocycles. The van der Waals surface area contributed by atoms with E-state index in [0.717, 1.165) is 17.1 Å². The summed E-state index contributed by atoms with van der Waals surface area (Å²) in [4.78, 5) is 27.8. The lowest BCUT2D eigenvalue weighted by atomic mass is 10.1. The molecule has 0 atom stereocenters. The van der Waals surface area contributed by atoms with E-state index < -0.39 is 0 Å². The van der Waals surface area contributed by atoms with Crippen LogP contribution in [0.5, 0.6) is 0 Å². The van der Waals surface area contributed by atoms with E-state index in [-0.39, 0.29) is 5.91 Å². The molecule has 0 fully saturated rings. The van der Waals surface area contributed by atoms with Crippen molar-refractivity contribution in [3.05, 3.63) is 36.2 Å². The Kier molecular flexibility index (Phi) is 2.87. The number of aromatic nitrogens is 1. The molecule has 1 amide bonds. The minimum absolute atomic E-state index is 0.0733. The second-order valence-electron chi connectivity index (χ2n) is 3.77. The van der Waals surface area contributed by atoms with Gasteiger partial charge in [0.15, 0.2) is 6.29 Å². The van der Waals surface area contributed by atoms with Crippen LogP contribution in [-0.2, 0) is 4.79 Å². The van der Waals surface area contributed by atoms with Crippen LogP contribution in [0.25, 0.3) is 10.8 Å². The number of anilines is 1. The summed E-state index contributed by atoms with van der Waals surface area (Å²) in [6.07, 6.45) is 2.27. The Hall–Kier alpha value is -2.23. The van der Waals surface area contributed by atoms with Crippen molar-refractivity contribution in [3.8, 4) is 0 Å². The molecule has 86 valence electrons. The van der Waals surface area contributed by atoms with E-state index in [1.807, 2.05) is 24.3 Å². The van der Waals surface area contributed by atoms with Crippen LogP contribution in [0.3, 0.4) is 0 Å². The van der Waals surface area contributed by atoms with Crippen molar-refractivity contribution in [1.82, 2.24) is 4.98 Å². The molecule has 2 aromatic rings. The number of amides is 1. The summed E-state index contributed by atoms with van der Waals surface area (Å²) in [6.45, 7) is 1.49. The van der Waals surface area contributed by atoms with E-state index in [2.05, 4.69) is 4.98 Å². The summed E-state index contributed by atoms with van der Waals surface area (Å²) in [5.74, 6) is -0.0733. The maximum absolute atomic E-state index is 11.4. The molecule has 17 heavy (non-hydrogen) atoms. The van der Waals surface area contributed by atoms with Gasteiger partial charge in [0.1, 0.15) is 5.69 Å². The molecule has 2 rings (SSSR count). The number of nitrogens with zero attached hydrogens (tertiary/aromatic N) is 2. The van der Waals surface area contributed by atoms with Crippen LogP contribution in [0, 0.1) is 0 Å². The smallest absolute Gasteiger partial charge is 0.223 e. The summed E-state index contributed by atoms with van der Waals surface area (Å²) < 4.78 is 0. The average Bonchev–Trinajstić information content (AvgIpc) is 2.36. The highest BCUT2D eigenvalue weighted by Gasteiger charge is 2.12. The van der Waals surface area contributed by atoms with Gasteiger partial charge in [-0.25, -0.2) is 0 Å². The Labute approximate surface area is 98.9 Å². The normalized spacial score (nSPS) is 10.2. The zero-order valence-electron chi connectivity index (χ0n) is 9.68. The van der Waals surface area contributed by atoms with Crippen LogP contribution in [0.15, 0.2) is 30.5 Å². The number of aldehydes is 1. The van der Waals surface area contributed by atoms with E-state index in [1.54, 1.807) is 13.2 Å². The van der Waals surface area contributed by atoms with Gasteiger partial charge < -0.3 is 4.90 Å². The van der Waals surface area contributed by atoms with E-state index >= 15 is 0 Å². The first-order valence-corrected chi connectivity index (χ1v) is 5.22. The first-order chi connectivity index (χ1) is 8.15. The summed E-state index contributed by atoms with van der Waals surface area (Å²) in [7, 11) is 1.69. The lowest BCUT2D eigenvalue weighted by Gasteiger charge is -2.17. The largest absolute Gasteiger partial charge is 0.314 e. The molecule has 0 aliphatic carbocycles. The monoisotopic (exact) mass is 228 g/mol. The van der Waals surface area contributed by atoms with Crippen LogP contribution in [0.4, 0.5) is 5.69 Å². The maximum atomic E-state index is 11.4. The van der Waals surface area contributed by atoms with Gasteiger partial charge in [-0.15, -0.1) is 0 Å². The van der Waals surface area contributed by atoms with Gasteiger partial charge in [0.25, 0.3) is 0 Å². The van der Waals surface area contributed by atoms with E-state index in [1.165, 1.54) is 11.8 Å². The number of carbonyl (C=O) groups is 2. The van der Waals surface area contributed by atoms with E-state index in [9.17, 15) is 9.59 Å². The average molecular weight is 228 g/mol. The molecule has 4 heteroatoms. The third kappa shape index (κ3) is 1.89. The number of carbonyl (C=O) groups excluding carboxylic acids is 2. The van der Waals surface area contributed by atoms with Gasteiger partial charge in [0.05, 0.1) is 11.9 Å². The molecule has 0 aliphatic heterocycles. The van der Waals surface area contributed by atoms with Gasteiger partial charge in [-0.2, -0.15) is 0 Å². The lowest BCUT2D eigenvalue weighted by molar-refractivity contribution is -0.116. The number of rotatable bonds is 2. The highest BCUT2D eigenvalue weighted by Crippen LogP contribution is 2.26. The fraction of sp³-hybridized carbons (Fsp3) is 0.154. The minimum atomic E-state index is -0.0733. The summed E-state index contributed by atoms with van der Waals surface area (Å²) in [5.41, 5.74) is 1.10. The topological polar surface area (TPSA) is 50.3 Å². The Balaban J connectivity index is 2.75. The predicted octanol–water partition coefficient (Wildman–Crippen LogP) is 2.03. The molecule has 4 nitrogen and oxygen atoms in total. The predicted molar refractivity (Wildman–Crippen MR) is 66.2 cm³/mol. The van der Waals surface area contributed by atoms with Crippen LogP contribution >= 0.6 is 0 Å². The van der Waals surface area contributed by atoms with Crippen LogP contribution in [-0.4, -0.2) is 24.2 Å². The molecule has 0 unspecified atom stereocenters. The first kappa shape index (κ1) is 11.3. The van der Waals surface area contributed by atoms with Gasteiger partial charge in [-0.3, -0.25) is 14.6 Å². The molecule has 0 aliphatic rings. The maximum Gasteiger partial charge on any atom is 0.223 e. The zero-order valence-corrected chi connectivity index (χ0v) is 9.68. The number of fused-ring (bicyclic) bond motifs is 1. The van der Waals surface area contributed by atoms with Crippen LogP contribution in [0.2, 0.25) is 0 Å². The molecule has 0 radical (unpaired) electrons. The Bertz CT molecular complexity index is 593. The quantitative estimate of drug-likeness (QED) is 0.739. The first-order valence-electron chi connectivity index (χ1n) is 5.22. The molecule has 0 saturated carbocycles. The summed E-state index contributed by atoms with van der Waals surface area (Å²) in [5, 5.41) is 1.61. The second kappa shape index (κ2) is 4.33.